The van der Waals surface area contributed by atoms with Crippen LogP contribution in [0.25, 0.3) is 22.5 Å². The van der Waals surface area contributed by atoms with Gasteiger partial charge in [0.25, 0.3) is 0 Å². The number of β-amino-alcohol motifs (C(OH)–C–C–N with tert-alkyl or cyclic N) is 2. The van der Waals surface area contributed by atoms with Gasteiger partial charge in [-0.2, -0.15) is 0 Å². The Bertz CT molecular complexity index is 6280. The van der Waals surface area contributed by atoms with Crippen LogP contribution < -0.4 is 56.2 Å². The van der Waals surface area contributed by atoms with Crippen LogP contribution in [0.15, 0.2) is 116 Å². The Morgan fingerprint density at radius 1 is 0.547 bits per heavy atom. The summed E-state index contributed by atoms with van der Waals surface area (Å²) in [5, 5.41) is 81.0. The third-order valence-corrected chi connectivity index (χ3v) is 34.6. The number of hydrogen-bond donors (Lipinski definition) is 10. The van der Waals surface area contributed by atoms with Crippen LogP contribution in [0.2, 0.25) is 0 Å². The van der Waals surface area contributed by atoms with Crippen molar-refractivity contribution < 1.29 is 58.3 Å². The van der Waals surface area contributed by atoms with Gasteiger partial charge in [0.15, 0.2) is 23.2 Å². The lowest BCUT2D eigenvalue weighted by Crippen LogP contribution is -2.60. The van der Waals surface area contributed by atoms with Gasteiger partial charge in [-0.1, -0.05) is 82.9 Å². The van der Waals surface area contributed by atoms with Crippen LogP contribution in [0.1, 0.15) is 207 Å². The molecule has 10 fully saturated rings. The molecule has 782 valence electrons. The number of piperidine rings is 2. The number of phenolic OH excluding ortho intramolecular Hbond substituents is 2. The number of piperazine rings is 2. The number of benzene rings is 4. The van der Waals surface area contributed by atoms with E-state index in [0.717, 1.165) is 170 Å². The maximum Gasteiger partial charge on any atom is 0.246 e. The zero-order chi connectivity index (χ0) is 103. The van der Waals surface area contributed by atoms with Gasteiger partial charge in [0.05, 0.1) is 53.7 Å². The van der Waals surface area contributed by atoms with Gasteiger partial charge >= 0.3 is 0 Å². The molecule has 4 aromatic carbocycles. The monoisotopic (exact) mass is 2020 g/mol. The number of halogens is 1. The molecule has 2 spiro atoms. The number of aromatic hydroxyl groups is 2. The number of carbonyl (C=O) groups excluding carboxylic acids is 6. The zero-order valence-electron chi connectivity index (χ0n) is 86.2. The number of anilines is 6. The summed E-state index contributed by atoms with van der Waals surface area (Å²) in [5.74, 6) is 5.53. The Balaban J connectivity index is 0.435. The van der Waals surface area contributed by atoms with E-state index in [9.17, 15) is 39.2 Å². The van der Waals surface area contributed by atoms with Gasteiger partial charge in [-0.25, -0.2) is 24.3 Å². The van der Waals surface area contributed by atoms with Crippen molar-refractivity contribution in [2.24, 2.45) is 33.5 Å². The lowest BCUT2D eigenvalue weighted by molar-refractivity contribution is -0.145. The third kappa shape index (κ3) is 21.8. The molecular formula is C113H142FN23O11. The summed E-state index contributed by atoms with van der Waals surface area (Å²) in [6.07, 6.45) is 33.7. The summed E-state index contributed by atoms with van der Waals surface area (Å²) < 4.78 is 20.6. The molecule has 8 aromatic rings. The summed E-state index contributed by atoms with van der Waals surface area (Å²) >= 11 is 0. The van der Waals surface area contributed by atoms with Crippen molar-refractivity contribution in [2.75, 3.05) is 149 Å². The highest BCUT2D eigenvalue weighted by molar-refractivity contribution is 5.95. The van der Waals surface area contributed by atoms with Gasteiger partial charge in [-0.3, -0.25) is 28.8 Å². The summed E-state index contributed by atoms with van der Waals surface area (Å²) in [4.78, 5) is 129. The van der Waals surface area contributed by atoms with Gasteiger partial charge in [-0.05, 0) is 266 Å². The molecule has 20 rings (SSSR count). The number of aromatic nitrogens is 8. The van der Waals surface area contributed by atoms with E-state index in [-0.39, 0.29) is 97.4 Å². The number of carbonyl (C=O) groups is 6. The standard InChI is InChI=1S/C113H142FN23O11/c1-10-69-20-23-76(96(47-69)148-45-15-36-129(8)9)58-118-105(145)94-49-85(139)68-137(94)107(147)99(124-103(143)75-26-34-113(35-27-75)55-81(56-113)131-39-30-73(31-40-131)78-59-119-108(120-60-78)132-41-43-134-82(65-132)63-115-100-91(134)50-89(125-127-100)86-16-12-13-19-95(86)140)111(6,7)52-77-46-70(21-22-71(77)11-2)57-117-104(144)93-48-84(138)67-136(93)106(146)98(110(3,4)5)123-102(142)74-24-32-112(33-25-74)53-80(54-112)130-37-28-72(29-38-130)79-61-121-109(122-62-79)133-42-44-135-83(66-133)64-116-101-92(135)51-90(126-128-101)87-17-14-18-88(114)97(87)141/h1-2,12-14,16-23,46-47,50-51,59-62,72-75,80-85,93-94,98-99,138-141H,15,24-45,48-49,52-58,63-68H2,3-9H3,(H,115,127)(H,116,128)(H,117,144)(H,118,145)(H,123,142)(H,124,143)/t74-,75-,80-,81-,82-,83-,84+,85+,93-,94-,98+,99+,112?,113?/m0/s1. The Morgan fingerprint density at radius 3 is 1.55 bits per heavy atom. The lowest BCUT2D eigenvalue weighted by Gasteiger charge is -2.55. The molecule has 4 aliphatic carbocycles. The van der Waals surface area contributed by atoms with Gasteiger partial charge in [-0.15, -0.1) is 33.2 Å². The van der Waals surface area contributed by atoms with E-state index in [1.807, 2.05) is 116 Å². The summed E-state index contributed by atoms with van der Waals surface area (Å²) in [7, 11) is 3.98. The fourth-order valence-electron chi connectivity index (χ4n) is 25.9. The Hall–Kier alpha value is -12.9. The van der Waals surface area contributed by atoms with E-state index < -0.39 is 88.3 Å². The smallest absolute Gasteiger partial charge is 0.246 e. The topological polar surface area (TPSA) is 397 Å². The maximum atomic E-state index is 15.9. The van der Waals surface area contributed by atoms with Crippen molar-refractivity contribution in [3.8, 4) is 64.5 Å². The molecular weight excluding hydrogens is 1870 g/mol. The molecule has 4 saturated carbocycles. The molecule has 0 radical (unpaired) electrons. The van der Waals surface area contributed by atoms with E-state index in [0.29, 0.717) is 151 Å². The van der Waals surface area contributed by atoms with Crippen molar-refractivity contribution in [2.45, 2.75) is 249 Å². The highest BCUT2D eigenvalue weighted by Gasteiger charge is 2.55. The Labute approximate surface area is 866 Å². The van der Waals surface area contributed by atoms with Crippen LogP contribution in [0.4, 0.5) is 39.3 Å². The molecule has 0 unspecified atom stereocenters. The number of amides is 6. The molecule has 12 aliphatic rings. The molecule has 35 heteroatoms. The molecule has 34 nitrogen and oxygen atoms in total. The first-order valence-corrected chi connectivity index (χ1v) is 53.5. The number of likely N-dealkylation sites (tertiary alicyclic amines) is 4. The number of ether oxygens (including phenoxy) is 1. The second kappa shape index (κ2) is 43.0. The normalized spacial score (nSPS) is 25.7. The molecule has 8 aliphatic heterocycles. The fraction of sp³-hybridized carbons (Fsp3) is 0.558. The lowest BCUT2D eigenvalue weighted by atomic mass is 9.56. The fourth-order valence-corrected chi connectivity index (χ4v) is 25.9. The van der Waals surface area contributed by atoms with Crippen molar-refractivity contribution in [1.82, 2.24) is 86.1 Å². The van der Waals surface area contributed by atoms with Crippen LogP contribution >= 0.6 is 0 Å². The maximum absolute atomic E-state index is 15.9. The first kappa shape index (κ1) is 102. The second-order valence-electron chi connectivity index (χ2n) is 46.1. The van der Waals surface area contributed by atoms with E-state index in [4.69, 9.17) is 37.5 Å². The molecule has 6 amide bonds. The summed E-state index contributed by atoms with van der Waals surface area (Å²) in [6.45, 7) is 20.1. The van der Waals surface area contributed by atoms with Crippen molar-refractivity contribution >= 4 is 70.4 Å². The van der Waals surface area contributed by atoms with Crippen LogP contribution in [0, 0.1) is 64.0 Å². The molecule has 10 N–H and O–H groups in total. The summed E-state index contributed by atoms with van der Waals surface area (Å²) in [6, 6.07) is 23.1. The number of rotatable bonds is 28. The van der Waals surface area contributed by atoms with Crippen LogP contribution in [-0.2, 0) is 48.3 Å². The number of aliphatic hydroxyl groups excluding tert-OH is 2. The highest BCUT2D eigenvalue weighted by Crippen LogP contribution is 2.57. The molecule has 4 aromatic heterocycles. The minimum absolute atomic E-state index is 0.000942. The SMILES string of the molecule is C#Cc1ccc(CNC(=O)[C@@H]2C[C@@H](O)CN2C(=O)[C@@H](NC(=O)[C@H]2CCC3(CC2)C[C@H](N2CCC(c4cnc(N5CCN6c7cc(-c8ccccc8O)nnc7NC[C@H]6C5)nc4)CC2)C3)C(C)(C)Cc2cc(CNC(=O)[C@@H]3C[C@@H](O)CN3C(=O)[C@@H](NC(=O)[C@H]3CCC4(CC3)C[C@H](N3CCC(c5cnc(N6CCN7c8cc(-c9cccc(F)c9O)nnc8NC[C@H]7C6)nc5)CC3)C4)C(C)(C)C)ccc2C#C)c(OCCCN(C)C)c1. The number of aliphatic hydroxyl groups is 2. The first-order chi connectivity index (χ1) is 71.3. The predicted molar refractivity (Wildman–Crippen MR) is 562 cm³/mol. The molecule has 12 heterocycles. The second-order valence-corrected chi connectivity index (χ2v) is 46.1. The number of phenols is 2. The van der Waals surface area contributed by atoms with Crippen molar-refractivity contribution in [1.29, 1.82) is 0 Å². The average molecular weight is 2020 g/mol. The van der Waals surface area contributed by atoms with Crippen molar-refractivity contribution in [3.05, 3.63) is 161 Å². The molecule has 0 bridgehead atoms. The number of nitrogens with one attached hydrogen (secondary N) is 6. The third-order valence-electron chi connectivity index (χ3n) is 34.6. The number of nitrogens with zero attached hydrogens (tertiary/aromatic N) is 17. The van der Waals surface area contributed by atoms with Crippen LogP contribution in [-0.4, -0.2) is 300 Å². The van der Waals surface area contributed by atoms with Gasteiger partial charge < -0.3 is 101 Å². The predicted octanol–water partition coefficient (Wildman–Crippen LogP) is 10.1. The minimum atomic E-state index is -1.22. The van der Waals surface area contributed by atoms with Gasteiger partial charge in [0.2, 0.25) is 47.3 Å². The Kier molecular flexibility index (Phi) is 29.7. The number of para-hydroxylation sites is 2. The highest BCUT2D eigenvalue weighted by atomic mass is 19.1. The van der Waals surface area contributed by atoms with E-state index in [1.165, 1.54) is 15.9 Å². The van der Waals surface area contributed by atoms with Gasteiger partial charge in [0, 0.05) is 174 Å². The van der Waals surface area contributed by atoms with Crippen molar-refractivity contribution in [3.63, 3.8) is 0 Å². The number of fused-ring (bicyclic) bond motifs is 6. The largest absolute Gasteiger partial charge is 0.507 e. The van der Waals surface area contributed by atoms with E-state index in [1.54, 1.807) is 42.5 Å². The van der Waals surface area contributed by atoms with Crippen LogP contribution in [0.3, 0.4) is 0 Å². The number of terminal acetylenes is 2. The summed E-state index contributed by atoms with van der Waals surface area (Å²) in [5.41, 5.74) is 7.63. The van der Waals surface area contributed by atoms with E-state index >= 15 is 14.4 Å². The first-order valence-electron chi connectivity index (χ1n) is 53.5. The quantitative estimate of drug-likeness (QED) is 0.0161. The zero-order valence-corrected chi connectivity index (χ0v) is 86.2. The Morgan fingerprint density at radius 2 is 1.05 bits per heavy atom. The minimum Gasteiger partial charge on any atom is -0.507 e. The molecule has 6 saturated heterocycles. The number of hydrogen-bond acceptors (Lipinski definition) is 28. The van der Waals surface area contributed by atoms with Crippen LogP contribution in [0.5, 0.6) is 17.2 Å². The average Bonchev–Trinajstić information content (AvgIpc) is 1.01. The van der Waals surface area contributed by atoms with E-state index in [2.05, 4.69) is 98.4 Å². The van der Waals surface area contributed by atoms with Gasteiger partial charge in [0.1, 0.15) is 35.7 Å². The molecule has 8 atom stereocenters. The molecule has 148 heavy (non-hydrogen) atoms.